The molecule has 0 bridgehead atoms. The summed E-state index contributed by atoms with van der Waals surface area (Å²) in [5.41, 5.74) is 2.64. The summed E-state index contributed by atoms with van der Waals surface area (Å²) in [6, 6.07) is 10.3. The number of nitrogens with one attached hydrogen (secondary N) is 2. The zero-order chi connectivity index (χ0) is 19.7. The maximum atomic E-state index is 12.7. The van der Waals surface area contributed by atoms with Gasteiger partial charge < -0.3 is 15.2 Å². The van der Waals surface area contributed by atoms with Crippen LogP contribution >= 0.6 is 23.2 Å². The number of piperidine rings is 1. The number of amides is 2. The average Bonchev–Trinajstić information content (AvgIpc) is 3.17. The third-order valence-corrected chi connectivity index (χ3v) is 5.52. The van der Waals surface area contributed by atoms with Crippen LogP contribution in [0, 0.1) is 0 Å². The minimum Gasteiger partial charge on any atom is -0.349 e. The first-order valence-corrected chi connectivity index (χ1v) is 9.75. The molecule has 2 heterocycles. The average molecular weight is 417 g/mol. The van der Waals surface area contributed by atoms with E-state index < -0.39 is 0 Å². The second kappa shape index (κ2) is 7.81. The molecule has 144 valence electrons. The Morgan fingerprint density at radius 3 is 2.68 bits per heavy atom. The summed E-state index contributed by atoms with van der Waals surface area (Å²) in [5, 5.41) is 3.92. The number of hydrogen-bond acceptors (Lipinski definition) is 3. The fourth-order valence-electron chi connectivity index (χ4n) is 3.40. The highest BCUT2D eigenvalue weighted by atomic mass is 35.5. The van der Waals surface area contributed by atoms with Crippen molar-refractivity contribution in [2.45, 2.75) is 18.9 Å². The van der Waals surface area contributed by atoms with Crippen LogP contribution in [0.25, 0.3) is 11.0 Å². The van der Waals surface area contributed by atoms with E-state index in [1.54, 1.807) is 41.6 Å². The van der Waals surface area contributed by atoms with Crippen LogP contribution in [0.15, 0.2) is 42.7 Å². The lowest BCUT2D eigenvalue weighted by Gasteiger charge is -2.32. The van der Waals surface area contributed by atoms with Crippen molar-refractivity contribution >= 4 is 46.0 Å². The van der Waals surface area contributed by atoms with Gasteiger partial charge in [0.2, 0.25) is 0 Å². The predicted molar refractivity (Wildman–Crippen MR) is 109 cm³/mol. The van der Waals surface area contributed by atoms with Crippen LogP contribution in [0.3, 0.4) is 0 Å². The second-order valence-corrected chi connectivity index (χ2v) is 7.64. The summed E-state index contributed by atoms with van der Waals surface area (Å²) < 4.78 is 0. The van der Waals surface area contributed by atoms with Crippen molar-refractivity contribution in [3.05, 3.63) is 63.9 Å². The van der Waals surface area contributed by atoms with E-state index in [9.17, 15) is 9.59 Å². The molecule has 0 aliphatic carbocycles. The van der Waals surface area contributed by atoms with E-state index in [4.69, 9.17) is 23.2 Å². The molecular formula is C20H18Cl2N4O2. The molecule has 28 heavy (non-hydrogen) atoms. The third-order valence-electron chi connectivity index (χ3n) is 4.96. The van der Waals surface area contributed by atoms with E-state index in [1.165, 1.54) is 0 Å². The molecule has 2 N–H and O–H groups in total. The van der Waals surface area contributed by atoms with Crippen LogP contribution in [-0.4, -0.2) is 45.8 Å². The molecule has 4 rings (SSSR count). The molecular weight excluding hydrogens is 399 g/mol. The highest BCUT2D eigenvalue weighted by Gasteiger charge is 2.26. The van der Waals surface area contributed by atoms with E-state index in [2.05, 4.69) is 15.3 Å². The number of rotatable bonds is 3. The van der Waals surface area contributed by atoms with Crippen LogP contribution in [0.2, 0.25) is 10.0 Å². The number of likely N-dealkylation sites (tertiary alicyclic amines) is 1. The fraction of sp³-hybridized carbons (Fsp3) is 0.250. The van der Waals surface area contributed by atoms with Crippen molar-refractivity contribution in [1.29, 1.82) is 0 Å². The molecule has 1 saturated heterocycles. The highest BCUT2D eigenvalue weighted by molar-refractivity contribution is 6.35. The Hall–Kier alpha value is -2.57. The molecule has 3 aromatic rings. The lowest BCUT2D eigenvalue weighted by molar-refractivity contribution is 0.0698. The quantitative estimate of drug-likeness (QED) is 0.679. The number of fused-ring (bicyclic) bond motifs is 1. The minimum atomic E-state index is -0.137. The molecule has 0 spiro atoms. The molecule has 1 aliphatic heterocycles. The Kier molecular flexibility index (Phi) is 5.24. The van der Waals surface area contributed by atoms with E-state index >= 15 is 0 Å². The first kappa shape index (κ1) is 18.8. The van der Waals surface area contributed by atoms with Crippen molar-refractivity contribution < 1.29 is 9.59 Å². The number of benzene rings is 2. The maximum Gasteiger partial charge on any atom is 0.255 e. The van der Waals surface area contributed by atoms with Gasteiger partial charge in [0.05, 0.1) is 27.9 Å². The van der Waals surface area contributed by atoms with Gasteiger partial charge in [0, 0.05) is 29.7 Å². The molecule has 1 aliphatic rings. The monoisotopic (exact) mass is 416 g/mol. The summed E-state index contributed by atoms with van der Waals surface area (Å²) in [5.74, 6) is -0.263. The molecule has 0 saturated carbocycles. The summed E-state index contributed by atoms with van der Waals surface area (Å²) in [4.78, 5) is 34.2. The molecule has 6 nitrogen and oxygen atoms in total. The number of carbonyl (C=O) groups is 2. The summed E-state index contributed by atoms with van der Waals surface area (Å²) >= 11 is 12.1. The molecule has 2 amide bonds. The number of imidazole rings is 1. The van der Waals surface area contributed by atoms with Gasteiger partial charge >= 0.3 is 0 Å². The molecule has 1 aromatic heterocycles. The van der Waals surface area contributed by atoms with Crippen LogP contribution < -0.4 is 5.32 Å². The van der Waals surface area contributed by atoms with Gasteiger partial charge in [0.15, 0.2) is 0 Å². The summed E-state index contributed by atoms with van der Waals surface area (Å²) in [6.45, 7) is 1.10. The predicted octanol–water partition coefficient (Wildman–Crippen LogP) is 3.90. The van der Waals surface area contributed by atoms with Crippen LogP contribution in [0.4, 0.5) is 0 Å². The van der Waals surface area contributed by atoms with Gasteiger partial charge in [-0.3, -0.25) is 9.59 Å². The van der Waals surface area contributed by atoms with Gasteiger partial charge in [-0.15, -0.1) is 0 Å². The number of halogens is 2. The standard InChI is InChI=1S/C20H18Cl2N4O2/c21-13-2-3-16(22)15(10-13)20(28)26-7-5-14(6-8-26)25-19(27)12-1-4-17-18(9-12)24-11-23-17/h1-4,9-11,14H,5-8H2,(H,23,24)(H,25,27). The highest BCUT2D eigenvalue weighted by Crippen LogP contribution is 2.24. The fourth-order valence-corrected chi connectivity index (χ4v) is 3.77. The number of aromatic nitrogens is 2. The van der Waals surface area contributed by atoms with E-state index in [0.29, 0.717) is 47.1 Å². The van der Waals surface area contributed by atoms with E-state index in [-0.39, 0.29) is 17.9 Å². The second-order valence-electron chi connectivity index (χ2n) is 6.80. The van der Waals surface area contributed by atoms with Gasteiger partial charge in [-0.1, -0.05) is 23.2 Å². The largest absolute Gasteiger partial charge is 0.349 e. The van der Waals surface area contributed by atoms with Gasteiger partial charge in [0.1, 0.15) is 0 Å². The topological polar surface area (TPSA) is 78.1 Å². The van der Waals surface area contributed by atoms with Crippen molar-refractivity contribution in [3.63, 3.8) is 0 Å². The van der Waals surface area contributed by atoms with Gasteiger partial charge in [0.25, 0.3) is 11.8 Å². The van der Waals surface area contributed by atoms with Gasteiger partial charge in [-0.05, 0) is 49.2 Å². The van der Waals surface area contributed by atoms with Gasteiger partial charge in [-0.25, -0.2) is 4.98 Å². The number of carbonyl (C=O) groups excluding carboxylic acids is 2. The first-order chi connectivity index (χ1) is 13.5. The number of aromatic amines is 1. The Balaban J connectivity index is 1.36. The molecule has 0 unspecified atom stereocenters. The van der Waals surface area contributed by atoms with Crippen LogP contribution in [0.5, 0.6) is 0 Å². The van der Waals surface area contributed by atoms with Crippen molar-refractivity contribution in [3.8, 4) is 0 Å². The third kappa shape index (κ3) is 3.84. The van der Waals surface area contributed by atoms with Crippen LogP contribution in [-0.2, 0) is 0 Å². The molecule has 8 heteroatoms. The Bertz CT molecular complexity index is 1040. The zero-order valence-electron chi connectivity index (χ0n) is 14.9. The van der Waals surface area contributed by atoms with E-state index in [1.807, 2.05) is 6.07 Å². The van der Waals surface area contributed by atoms with E-state index in [0.717, 1.165) is 11.0 Å². The molecule has 0 atom stereocenters. The van der Waals surface area contributed by atoms with Crippen molar-refractivity contribution in [2.75, 3.05) is 13.1 Å². The summed E-state index contributed by atoms with van der Waals surface area (Å²) in [7, 11) is 0. The number of H-pyrrole nitrogens is 1. The lowest BCUT2D eigenvalue weighted by atomic mass is 10.0. The molecule has 2 aromatic carbocycles. The maximum absolute atomic E-state index is 12.7. The minimum absolute atomic E-state index is 0.0175. The Morgan fingerprint density at radius 2 is 1.89 bits per heavy atom. The normalized spacial score (nSPS) is 15.0. The van der Waals surface area contributed by atoms with Crippen molar-refractivity contribution in [2.24, 2.45) is 0 Å². The Labute approximate surface area is 171 Å². The summed E-state index contributed by atoms with van der Waals surface area (Å²) in [6.07, 6.45) is 2.97. The zero-order valence-corrected chi connectivity index (χ0v) is 16.4. The molecule has 0 radical (unpaired) electrons. The first-order valence-electron chi connectivity index (χ1n) is 8.99. The van der Waals surface area contributed by atoms with Crippen LogP contribution in [0.1, 0.15) is 33.6 Å². The number of nitrogens with zero attached hydrogens (tertiary/aromatic N) is 2. The number of hydrogen-bond donors (Lipinski definition) is 2. The SMILES string of the molecule is O=C(NC1CCN(C(=O)c2cc(Cl)ccc2Cl)CC1)c1ccc2nc[nH]c2c1. The van der Waals surface area contributed by atoms with Gasteiger partial charge in [-0.2, -0.15) is 0 Å². The molecule has 1 fully saturated rings. The Morgan fingerprint density at radius 1 is 1.11 bits per heavy atom. The smallest absolute Gasteiger partial charge is 0.255 e. The lowest BCUT2D eigenvalue weighted by Crippen LogP contribution is -2.46. The van der Waals surface area contributed by atoms with Crippen molar-refractivity contribution in [1.82, 2.24) is 20.2 Å².